The van der Waals surface area contributed by atoms with Crippen molar-refractivity contribution < 1.29 is 13.2 Å². The van der Waals surface area contributed by atoms with Gasteiger partial charge in [0.1, 0.15) is 0 Å². The van der Waals surface area contributed by atoms with Gasteiger partial charge >= 0.3 is 6.18 Å². The largest absolute Gasteiger partial charge is 0.401 e. The number of hydrogen-bond donors (Lipinski definition) is 2. The predicted octanol–water partition coefficient (Wildman–Crippen LogP) is 2.77. The molecule has 2 N–H and O–H groups in total. The number of aliphatic imine (C=N–C) groups is 1. The summed E-state index contributed by atoms with van der Waals surface area (Å²) in [5.41, 5.74) is 1.43. The highest BCUT2D eigenvalue weighted by Crippen LogP contribution is 2.48. The quantitative estimate of drug-likeness (QED) is 0.556. The zero-order chi connectivity index (χ0) is 18.3. The van der Waals surface area contributed by atoms with Crippen LogP contribution in [0.25, 0.3) is 0 Å². The van der Waals surface area contributed by atoms with Crippen molar-refractivity contribution >= 4 is 5.96 Å². The molecule has 1 aliphatic carbocycles. The van der Waals surface area contributed by atoms with E-state index < -0.39 is 12.7 Å². The monoisotopic (exact) mass is 356 g/mol. The van der Waals surface area contributed by atoms with Gasteiger partial charge < -0.3 is 10.6 Å². The van der Waals surface area contributed by atoms with Gasteiger partial charge in [-0.15, -0.1) is 0 Å². The van der Waals surface area contributed by atoms with Gasteiger partial charge in [-0.3, -0.25) is 9.89 Å². The lowest BCUT2D eigenvalue weighted by molar-refractivity contribution is -0.142. The first-order chi connectivity index (χ1) is 11.8. The van der Waals surface area contributed by atoms with Gasteiger partial charge in [-0.2, -0.15) is 13.2 Å². The highest BCUT2D eigenvalue weighted by atomic mass is 19.4. The fraction of sp³-hybridized carbons (Fsp3) is 0.611. The third-order valence-corrected chi connectivity index (χ3v) is 4.36. The second-order valence-electron chi connectivity index (χ2n) is 6.62. The van der Waals surface area contributed by atoms with Gasteiger partial charge in [0.25, 0.3) is 0 Å². The van der Waals surface area contributed by atoms with Gasteiger partial charge in [-0.25, -0.2) is 0 Å². The number of likely N-dealkylation sites (N-methyl/N-ethyl adjacent to an activating group) is 1. The molecule has 7 heteroatoms. The first-order valence-corrected chi connectivity index (χ1v) is 8.68. The van der Waals surface area contributed by atoms with Crippen LogP contribution >= 0.6 is 0 Å². The van der Waals surface area contributed by atoms with Gasteiger partial charge in [0, 0.05) is 25.0 Å². The van der Waals surface area contributed by atoms with E-state index >= 15 is 0 Å². The van der Waals surface area contributed by atoms with Crippen LogP contribution < -0.4 is 10.6 Å². The van der Waals surface area contributed by atoms with Gasteiger partial charge in [-0.05, 0) is 32.4 Å². The molecule has 0 atom stereocenters. The summed E-state index contributed by atoms with van der Waals surface area (Å²) in [6, 6.07) is 10.4. The molecule has 4 nitrogen and oxygen atoms in total. The molecule has 140 valence electrons. The Balaban J connectivity index is 1.85. The van der Waals surface area contributed by atoms with E-state index in [2.05, 4.69) is 27.8 Å². The van der Waals surface area contributed by atoms with Crippen LogP contribution in [0, 0.1) is 0 Å². The van der Waals surface area contributed by atoms with Gasteiger partial charge in [0.2, 0.25) is 0 Å². The normalized spacial score (nSPS) is 16.8. The van der Waals surface area contributed by atoms with Crippen LogP contribution in [0.1, 0.15) is 25.3 Å². The van der Waals surface area contributed by atoms with Crippen LogP contribution in [0.3, 0.4) is 0 Å². The number of nitrogens with zero attached hydrogens (tertiary/aromatic N) is 2. The highest BCUT2D eigenvalue weighted by molar-refractivity contribution is 5.79. The second-order valence-corrected chi connectivity index (χ2v) is 6.62. The third kappa shape index (κ3) is 6.57. The minimum Gasteiger partial charge on any atom is -0.357 e. The van der Waals surface area contributed by atoms with Crippen molar-refractivity contribution in [2.75, 3.05) is 39.8 Å². The minimum absolute atomic E-state index is 0.122. The number of alkyl halides is 3. The van der Waals surface area contributed by atoms with Crippen LogP contribution in [0.5, 0.6) is 0 Å². The topological polar surface area (TPSA) is 39.7 Å². The number of halogens is 3. The molecular weight excluding hydrogens is 329 g/mol. The van der Waals surface area contributed by atoms with Crippen molar-refractivity contribution in [2.24, 2.45) is 4.99 Å². The molecule has 1 aromatic rings. The Hall–Kier alpha value is -1.76. The fourth-order valence-corrected chi connectivity index (χ4v) is 2.80. The number of guanidine groups is 1. The van der Waals surface area contributed by atoms with Crippen molar-refractivity contribution in [1.29, 1.82) is 0 Å². The van der Waals surface area contributed by atoms with Crippen molar-refractivity contribution in [1.82, 2.24) is 15.5 Å². The van der Waals surface area contributed by atoms with Crippen LogP contribution in [0.15, 0.2) is 35.3 Å². The summed E-state index contributed by atoms with van der Waals surface area (Å²) in [5.74, 6) is 0.658. The highest BCUT2D eigenvalue weighted by Gasteiger charge is 2.43. The van der Waals surface area contributed by atoms with E-state index in [4.69, 9.17) is 0 Å². The van der Waals surface area contributed by atoms with Crippen molar-refractivity contribution in [3.63, 3.8) is 0 Å². The lowest BCUT2D eigenvalue weighted by Gasteiger charge is -2.20. The predicted molar refractivity (Wildman–Crippen MR) is 94.9 cm³/mol. The Labute approximate surface area is 147 Å². The van der Waals surface area contributed by atoms with E-state index in [0.717, 1.165) is 12.8 Å². The Morgan fingerprint density at radius 2 is 1.88 bits per heavy atom. The Morgan fingerprint density at radius 3 is 2.44 bits per heavy atom. The number of rotatable bonds is 8. The molecule has 1 aliphatic rings. The molecule has 0 heterocycles. The molecule has 1 saturated carbocycles. The van der Waals surface area contributed by atoms with Crippen molar-refractivity contribution in [3.05, 3.63) is 35.9 Å². The van der Waals surface area contributed by atoms with Gasteiger partial charge in [0.05, 0.1) is 13.1 Å². The molecule has 0 amide bonds. The summed E-state index contributed by atoms with van der Waals surface area (Å²) in [7, 11) is 1.47. The number of hydrogen-bond acceptors (Lipinski definition) is 2. The summed E-state index contributed by atoms with van der Waals surface area (Å²) in [6.45, 7) is 3.17. The number of nitrogens with one attached hydrogen (secondary N) is 2. The summed E-state index contributed by atoms with van der Waals surface area (Å²) in [4.78, 5) is 5.90. The van der Waals surface area contributed by atoms with E-state index in [1.165, 1.54) is 17.5 Å². The van der Waals surface area contributed by atoms with E-state index in [1.807, 2.05) is 25.1 Å². The smallest absolute Gasteiger partial charge is 0.357 e. The maximum atomic E-state index is 12.3. The zero-order valence-electron chi connectivity index (χ0n) is 14.9. The van der Waals surface area contributed by atoms with Crippen molar-refractivity contribution in [3.8, 4) is 0 Å². The number of benzene rings is 1. The van der Waals surface area contributed by atoms with Crippen LogP contribution in [-0.4, -0.2) is 56.8 Å². The summed E-state index contributed by atoms with van der Waals surface area (Å²) < 4.78 is 37.0. The SMILES string of the molecule is CCNC(=NCC1(c2ccccc2)CC1)NCCN(C)CC(F)(F)F. The molecule has 0 unspecified atom stereocenters. The Bertz CT molecular complexity index is 553. The first kappa shape index (κ1) is 19.6. The molecule has 0 spiro atoms. The molecule has 1 aromatic carbocycles. The molecule has 2 rings (SSSR count). The average molecular weight is 356 g/mol. The summed E-state index contributed by atoms with van der Waals surface area (Å²) >= 11 is 0. The fourth-order valence-electron chi connectivity index (χ4n) is 2.80. The van der Waals surface area contributed by atoms with Crippen LogP contribution in [0.4, 0.5) is 13.2 Å². The lowest BCUT2D eigenvalue weighted by Crippen LogP contribution is -2.42. The minimum atomic E-state index is -4.17. The van der Waals surface area contributed by atoms with E-state index in [1.54, 1.807) is 0 Å². The van der Waals surface area contributed by atoms with Gasteiger partial charge in [0.15, 0.2) is 5.96 Å². The second kappa shape index (κ2) is 8.56. The molecule has 0 aromatic heterocycles. The molecule has 0 radical (unpaired) electrons. The van der Waals surface area contributed by atoms with Crippen LogP contribution in [-0.2, 0) is 5.41 Å². The molecule has 0 bridgehead atoms. The van der Waals surface area contributed by atoms with E-state index in [0.29, 0.717) is 32.1 Å². The van der Waals surface area contributed by atoms with Crippen molar-refractivity contribution in [2.45, 2.75) is 31.4 Å². The van der Waals surface area contributed by atoms with E-state index in [9.17, 15) is 13.2 Å². The Kier molecular flexibility index (Phi) is 6.70. The molecule has 0 saturated heterocycles. The lowest BCUT2D eigenvalue weighted by atomic mass is 9.96. The third-order valence-electron chi connectivity index (χ3n) is 4.36. The maximum Gasteiger partial charge on any atom is 0.401 e. The molecule has 1 fully saturated rings. The summed E-state index contributed by atoms with van der Waals surface area (Å²) in [5, 5.41) is 6.27. The maximum absolute atomic E-state index is 12.3. The van der Waals surface area contributed by atoms with E-state index in [-0.39, 0.29) is 5.41 Å². The average Bonchev–Trinajstić information content (AvgIpc) is 3.33. The summed E-state index contributed by atoms with van der Waals surface area (Å²) in [6.07, 6.45) is -1.93. The molecular formula is C18H27F3N4. The zero-order valence-corrected chi connectivity index (χ0v) is 14.9. The standard InChI is InChI=1S/C18H27F3N4/c1-3-22-16(23-11-12-25(2)14-18(19,20)21)24-13-17(9-10-17)15-7-5-4-6-8-15/h4-8H,3,9-14H2,1-2H3,(H2,22,23,24). The first-order valence-electron chi connectivity index (χ1n) is 8.68. The molecule has 0 aliphatic heterocycles. The molecule has 25 heavy (non-hydrogen) atoms. The van der Waals surface area contributed by atoms with Crippen LogP contribution in [0.2, 0.25) is 0 Å². The Morgan fingerprint density at radius 1 is 1.20 bits per heavy atom. The van der Waals surface area contributed by atoms with Gasteiger partial charge in [-0.1, -0.05) is 30.3 Å².